The second-order valence-corrected chi connectivity index (χ2v) is 6.80. The molecule has 0 spiro atoms. The van der Waals surface area contributed by atoms with Crippen LogP contribution >= 0.6 is 0 Å². The largest absolute Gasteiger partial charge is 0.385 e. The molecule has 5 heteroatoms. The minimum absolute atomic E-state index is 0.0638. The first-order valence-electron chi connectivity index (χ1n) is 7.43. The molecule has 1 aliphatic carbocycles. The van der Waals surface area contributed by atoms with Crippen LogP contribution in [0.4, 0.5) is 5.69 Å². The van der Waals surface area contributed by atoms with Gasteiger partial charge in [-0.1, -0.05) is 20.8 Å². The Morgan fingerprint density at radius 1 is 1.30 bits per heavy atom. The number of nitrogens with one attached hydrogen (secondary N) is 3. The van der Waals surface area contributed by atoms with Crippen molar-refractivity contribution in [3.05, 3.63) is 11.9 Å². The average Bonchev–Trinajstić information content (AvgIpc) is 2.86. The molecule has 0 aromatic carbocycles. The highest BCUT2D eigenvalue weighted by Gasteiger charge is 2.30. The van der Waals surface area contributed by atoms with Gasteiger partial charge in [-0.3, -0.25) is 9.89 Å². The molecule has 1 heterocycles. The molecule has 1 fully saturated rings. The Balaban J connectivity index is 1.88. The number of nitrogens with zero attached hydrogens (tertiary/aromatic N) is 1. The van der Waals surface area contributed by atoms with Crippen molar-refractivity contribution in [1.82, 2.24) is 15.5 Å². The van der Waals surface area contributed by atoms with Gasteiger partial charge in [-0.15, -0.1) is 0 Å². The van der Waals surface area contributed by atoms with E-state index in [4.69, 9.17) is 0 Å². The predicted octanol–water partition coefficient (Wildman–Crippen LogP) is 2.79. The summed E-state index contributed by atoms with van der Waals surface area (Å²) >= 11 is 0. The van der Waals surface area contributed by atoms with Crippen LogP contribution in [0.2, 0.25) is 0 Å². The number of carbonyl (C=O) groups is 1. The fourth-order valence-corrected chi connectivity index (χ4v) is 3.01. The summed E-state index contributed by atoms with van der Waals surface area (Å²) in [5, 5.41) is 12.7. The second kappa shape index (κ2) is 5.85. The monoisotopic (exact) mass is 278 g/mol. The molecule has 2 rings (SSSR count). The van der Waals surface area contributed by atoms with Crippen molar-refractivity contribution in [1.29, 1.82) is 0 Å². The van der Waals surface area contributed by atoms with E-state index < -0.39 is 0 Å². The first-order valence-corrected chi connectivity index (χ1v) is 7.43. The molecule has 1 aliphatic rings. The summed E-state index contributed by atoms with van der Waals surface area (Å²) in [6, 6.07) is 0.286. The molecule has 0 bridgehead atoms. The first-order chi connectivity index (χ1) is 9.41. The Hall–Kier alpha value is -1.52. The van der Waals surface area contributed by atoms with Crippen LogP contribution in [0.1, 0.15) is 56.9 Å². The summed E-state index contributed by atoms with van der Waals surface area (Å²) in [5.74, 6) is 0.696. The number of hydrogen-bond donors (Lipinski definition) is 3. The molecule has 20 heavy (non-hydrogen) atoms. The molecule has 0 aliphatic heterocycles. The van der Waals surface area contributed by atoms with Crippen molar-refractivity contribution in [2.45, 2.75) is 52.5 Å². The topological polar surface area (TPSA) is 69.8 Å². The Morgan fingerprint density at radius 2 is 1.95 bits per heavy atom. The quantitative estimate of drug-likeness (QED) is 0.796. The van der Waals surface area contributed by atoms with Crippen LogP contribution in [0, 0.1) is 11.3 Å². The van der Waals surface area contributed by atoms with Gasteiger partial charge in [0.15, 0.2) is 0 Å². The molecule has 3 N–H and O–H groups in total. The summed E-state index contributed by atoms with van der Waals surface area (Å²) in [6.45, 7) is 6.92. The van der Waals surface area contributed by atoms with E-state index in [1.54, 1.807) is 13.2 Å². The molecule has 0 saturated heterocycles. The van der Waals surface area contributed by atoms with E-state index in [2.05, 4.69) is 41.6 Å². The van der Waals surface area contributed by atoms with E-state index >= 15 is 0 Å². The standard InChI is InChI=1S/C15H26N4O/c1-15(2,3)10-5-7-11(8-6-10)18-14(20)13-12(16-4)9-17-19-13/h9-11,16H,5-8H2,1-4H3,(H,17,19)(H,18,20). The van der Waals surface area contributed by atoms with Crippen molar-refractivity contribution >= 4 is 11.6 Å². The minimum Gasteiger partial charge on any atom is -0.385 e. The summed E-state index contributed by atoms with van der Waals surface area (Å²) in [7, 11) is 1.79. The summed E-state index contributed by atoms with van der Waals surface area (Å²) in [4.78, 5) is 12.2. The summed E-state index contributed by atoms with van der Waals surface area (Å²) in [6.07, 6.45) is 6.14. The number of carbonyl (C=O) groups excluding carboxylic acids is 1. The maximum absolute atomic E-state index is 12.2. The SMILES string of the molecule is CNc1cn[nH]c1C(=O)NC1CCC(C(C)(C)C)CC1. The van der Waals surface area contributed by atoms with Gasteiger partial charge in [-0.25, -0.2) is 0 Å². The molecule has 112 valence electrons. The van der Waals surface area contributed by atoms with Gasteiger partial charge in [-0.2, -0.15) is 5.10 Å². The zero-order chi connectivity index (χ0) is 14.8. The Morgan fingerprint density at radius 3 is 2.50 bits per heavy atom. The van der Waals surface area contributed by atoms with Crippen LogP contribution in [-0.4, -0.2) is 29.2 Å². The van der Waals surface area contributed by atoms with Crippen LogP contribution < -0.4 is 10.6 Å². The minimum atomic E-state index is -0.0638. The molecule has 1 saturated carbocycles. The maximum Gasteiger partial charge on any atom is 0.271 e. The average molecular weight is 278 g/mol. The molecule has 1 aromatic rings. The Labute approximate surface area is 120 Å². The van der Waals surface area contributed by atoms with Crippen LogP contribution in [0.3, 0.4) is 0 Å². The summed E-state index contributed by atoms with van der Waals surface area (Å²) < 4.78 is 0. The number of aromatic amines is 1. The van der Waals surface area contributed by atoms with E-state index in [1.807, 2.05) is 0 Å². The van der Waals surface area contributed by atoms with Gasteiger partial charge in [0.1, 0.15) is 5.69 Å². The van der Waals surface area contributed by atoms with Crippen molar-refractivity contribution < 1.29 is 4.79 Å². The third-order valence-corrected chi connectivity index (χ3v) is 4.42. The number of amides is 1. The van der Waals surface area contributed by atoms with E-state index in [0.717, 1.165) is 24.4 Å². The number of H-pyrrole nitrogens is 1. The van der Waals surface area contributed by atoms with Gasteiger partial charge < -0.3 is 10.6 Å². The normalized spacial score (nSPS) is 23.4. The zero-order valence-electron chi connectivity index (χ0n) is 12.9. The van der Waals surface area contributed by atoms with Crippen LogP contribution in [0.25, 0.3) is 0 Å². The predicted molar refractivity (Wildman–Crippen MR) is 80.8 cm³/mol. The van der Waals surface area contributed by atoms with E-state index in [1.165, 1.54) is 12.8 Å². The maximum atomic E-state index is 12.2. The van der Waals surface area contributed by atoms with Gasteiger partial charge in [0.25, 0.3) is 5.91 Å². The lowest BCUT2D eigenvalue weighted by atomic mass is 9.71. The highest BCUT2D eigenvalue weighted by molar-refractivity contribution is 5.97. The van der Waals surface area contributed by atoms with Crippen LogP contribution in [0.15, 0.2) is 6.20 Å². The summed E-state index contributed by atoms with van der Waals surface area (Å²) in [5.41, 5.74) is 1.63. The van der Waals surface area contributed by atoms with Crippen LogP contribution in [-0.2, 0) is 0 Å². The third kappa shape index (κ3) is 3.32. The lowest BCUT2D eigenvalue weighted by Gasteiger charge is -2.37. The van der Waals surface area contributed by atoms with Gasteiger partial charge in [0.2, 0.25) is 0 Å². The molecule has 0 radical (unpaired) electrons. The smallest absolute Gasteiger partial charge is 0.271 e. The molecule has 1 aromatic heterocycles. The number of anilines is 1. The van der Waals surface area contributed by atoms with Crippen molar-refractivity contribution in [2.75, 3.05) is 12.4 Å². The highest BCUT2D eigenvalue weighted by atomic mass is 16.2. The van der Waals surface area contributed by atoms with E-state index in [-0.39, 0.29) is 11.9 Å². The number of aromatic nitrogens is 2. The van der Waals surface area contributed by atoms with Crippen molar-refractivity contribution in [3.63, 3.8) is 0 Å². The molecular formula is C15H26N4O. The fraction of sp³-hybridized carbons (Fsp3) is 0.733. The Kier molecular flexibility index (Phi) is 4.35. The van der Waals surface area contributed by atoms with Gasteiger partial charge in [0.05, 0.1) is 11.9 Å². The number of hydrogen-bond acceptors (Lipinski definition) is 3. The van der Waals surface area contributed by atoms with Crippen LogP contribution in [0.5, 0.6) is 0 Å². The second-order valence-electron chi connectivity index (χ2n) is 6.80. The first kappa shape index (κ1) is 14.9. The highest BCUT2D eigenvalue weighted by Crippen LogP contribution is 2.37. The Bertz CT molecular complexity index is 453. The molecule has 0 atom stereocenters. The van der Waals surface area contributed by atoms with Gasteiger partial charge in [0, 0.05) is 13.1 Å². The molecule has 1 amide bonds. The van der Waals surface area contributed by atoms with Crippen molar-refractivity contribution in [3.8, 4) is 0 Å². The van der Waals surface area contributed by atoms with Crippen molar-refractivity contribution in [2.24, 2.45) is 11.3 Å². The molecular weight excluding hydrogens is 252 g/mol. The fourth-order valence-electron chi connectivity index (χ4n) is 3.01. The number of rotatable bonds is 3. The lowest BCUT2D eigenvalue weighted by Crippen LogP contribution is -2.39. The molecule has 5 nitrogen and oxygen atoms in total. The van der Waals surface area contributed by atoms with E-state index in [9.17, 15) is 4.79 Å². The van der Waals surface area contributed by atoms with E-state index in [0.29, 0.717) is 11.1 Å². The molecule has 0 unspecified atom stereocenters. The van der Waals surface area contributed by atoms with Gasteiger partial charge >= 0.3 is 0 Å². The third-order valence-electron chi connectivity index (χ3n) is 4.42. The zero-order valence-corrected chi connectivity index (χ0v) is 12.9. The van der Waals surface area contributed by atoms with Gasteiger partial charge in [-0.05, 0) is 37.0 Å². The lowest BCUT2D eigenvalue weighted by molar-refractivity contribution is 0.0900.